The van der Waals surface area contributed by atoms with E-state index in [0.29, 0.717) is 13.1 Å². The molecular weight excluding hydrogens is 378 g/mol. The van der Waals surface area contributed by atoms with Crippen LogP contribution in [-0.2, 0) is 16.1 Å². The zero-order valence-electron chi connectivity index (χ0n) is 18.4. The topological polar surface area (TPSA) is 85.8 Å². The van der Waals surface area contributed by atoms with Gasteiger partial charge < -0.3 is 20.9 Å². The maximum absolute atomic E-state index is 12.4. The van der Waals surface area contributed by atoms with Gasteiger partial charge in [0, 0.05) is 50.2 Å². The minimum atomic E-state index is 0.0302. The first kappa shape index (κ1) is 22.1. The van der Waals surface area contributed by atoms with Crippen LogP contribution >= 0.6 is 0 Å². The molecule has 1 aromatic rings. The summed E-state index contributed by atoms with van der Waals surface area (Å²) < 4.78 is 0. The van der Waals surface area contributed by atoms with Crippen molar-refractivity contribution in [3.8, 4) is 0 Å². The molecule has 1 aromatic carbocycles. The van der Waals surface area contributed by atoms with E-state index in [1.54, 1.807) is 7.05 Å². The molecule has 1 aliphatic heterocycles. The SMILES string of the molecule is CN=C(NCc1cccc(NC(=O)C2CCCC2)c1)NC1CCN(C(=O)C(C)C)C1. The average Bonchev–Trinajstić information content (AvgIpc) is 3.43. The van der Waals surface area contributed by atoms with Gasteiger partial charge >= 0.3 is 0 Å². The maximum Gasteiger partial charge on any atom is 0.227 e. The molecule has 164 valence electrons. The second kappa shape index (κ2) is 10.5. The third-order valence-electron chi connectivity index (χ3n) is 5.94. The van der Waals surface area contributed by atoms with E-state index in [2.05, 4.69) is 20.9 Å². The molecule has 3 rings (SSSR count). The Morgan fingerprint density at radius 1 is 1.20 bits per heavy atom. The Hall–Kier alpha value is -2.57. The van der Waals surface area contributed by atoms with Crippen molar-refractivity contribution >= 4 is 23.5 Å². The molecular formula is C23H35N5O2. The molecule has 2 aliphatic rings. The van der Waals surface area contributed by atoms with Crippen LogP contribution in [0, 0.1) is 11.8 Å². The Morgan fingerprint density at radius 2 is 1.97 bits per heavy atom. The van der Waals surface area contributed by atoms with Gasteiger partial charge in [0.25, 0.3) is 0 Å². The molecule has 7 nitrogen and oxygen atoms in total. The quantitative estimate of drug-likeness (QED) is 0.494. The van der Waals surface area contributed by atoms with E-state index in [9.17, 15) is 9.59 Å². The lowest BCUT2D eigenvalue weighted by Crippen LogP contribution is -2.45. The number of carbonyl (C=O) groups is 2. The Balaban J connectivity index is 1.48. The normalized spacial score (nSPS) is 19.9. The molecule has 0 radical (unpaired) electrons. The lowest BCUT2D eigenvalue weighted by atomic mass is 10.1. The molecule has 0 aromatic heterocycles. The number of hydrogen-bond donors (Lipinski definition) is 3. The summed E-state index contributed by atoms with van der Waals surface area (Å²) in [6.45, 7) is 5.98. The maximum atomic E-state index is 12.4. The number of likely N-dealkylation sites (tertiary alicyclic amines) is 1. The van der Waals surface area contributed by atoms with E-state index in [0.717, 1.165) is 55.9 Å². The lowest BCUT2D eigenvalue weighted by molar-refractivity contribution is -0.133. The summed E-state index contributed by atoms with van der Waals surface area (Å²) in [5.74, 6) is 1.25. The number of anilines is 1. The first-order valence-corrected chi connectivity index (χ1v) is 11.1. The summed E-state index contributed by atoms with van der Waals surface area (Å²) in [7, 11) is 1.75. The Morgan fingerprint density at radius 3 is 2.67 bits per heavy atom. The highest BCUT2D eigenvalue weighted by Gasteiger charge is 2.28. The third-order valence-corrected chi connectivity index (χ3v) is 5.94. The highest BCUT2D eigenvalue weighted by Crippen LogP contribution is 2.26. The molecule has 2 fully saturated rings. The van der Waals surface area contributed by atoms with Crippen LogP contribution in [0.4, 0.5) is 5.69 Å². The lowest BCUT2D eigenvalue weighted by Gasteiger charge is -2.20. The van der Waals surface area contributed by atoms with E-state index in [4.69, 9.17) is 0 Å². The number of hydrogen-bond acceptors (Lipinski definition) is 3. The number of amides is 2. The van der Waals surface area contributed by atoms with Gasteiger partial charge in [-0.1, -0.05) is 38.8 Å². The summed E-state index contributed by atoms with van der Waals surface area (Å²) in [5, 5.41) is 9.82. The van der Waals surface area contributed by atoms with Crippen molar-refractivity contribution in [2.24, 2.45) is 16.8 Å². The molecule has 3 N–H and O–H groups in total. The number of aliphatic imine (C=N–C) groups is 1. The summed E-state index contributed by atoms with van der Waals surface area (Å²) in [4.78, 5) is 30.8. The molecule has 1 atom stereocenters. The number of guanidine groups is 1. The fourth-order valence-electron chi connectivity index (χ4n) is 4.21. The zero-order chi connectivity index (χ0) is 21.5. The van der Waals surface area contributed by atoms with Crippen LogP contribution in [0.5, 0.6) is 0 Å². The van der Waals surface area contributed by atoms with Gasteiger partial charge in [-0.3, -0.25) is 14.6 Å². The molecule has 0 bridgehead atoms. The highest BCUT2D eigenvalue weighted by atomic mass is 16.2. The van der Waals surface area contributed by atoms with Crippen LogP contribution in [0.1, 0.15) is 51.5 Å². The minimum absolute atomic E-state index is 0.0302. The van der Waals surface area contributed by atoms with E-state index in [-0.39, 0.29) is 29.7 Å². The summed E-state index contributed by atoms with van der Waals surface area (Å²) >= 11 is 0. The van der Waals surface area contributed by atoms with Crippen LogP contribution in [0.15, 0.2) is 29.3 Å². The molecule has 0 spiro atoms. The predicted octanol–water partition coefficient (Wildman–Crippen LogP) is 2.74. The fraction of sp³-hybridized carbons (Fsp3) is 0.609. The van der Waals surface area contributed by atoms with Gasteiger partial charge in [0.2, 0.25) is 11.8 Å². The van der Waals surface area contributed by atoms with Gasteiger partial charge in [-0.05, 0) is 37.0 Å². The van der Waals surface area contributed by atoms with Gasteiger partial charge in [0.05, 0.1) is 0 Å². The van der Waals surface area contributed by atoms with Crippen LogP contribution in [0.3, 0.4) is 0 Å². The Labute approximate surface area is 179 Å². The highest BCUT2D eigenvalue weighted by molar-refractivity contribution is 5.92. The molecule has 7 heteroatoms. The van der Waals surface area contributed by atoms with Gasteiger partial charge in [-0.2, -0.15) is 0 Å². The minimum Gasteiger partial charge on any atom is -0.352 e. The summed E-state index contributed by atoms with van der Waals surface area (Å²) in [6.07, 6.45) is 5.21. The van der Waals surface area contributed by atoms with E-state index in [1.165, 1.54) is 0 Å². The Bertz CT molecular complexity index is 771. The standard InChI is InChI=1S/C23H35N5O2/c1-16(2)22(30)28-12-11-20(15-28)27-23(24-3)25-14-17-7-6-10-19(13-17)26-21(29)18-8-4-5-9-18/h6-7,10,13,16,18,20H,4-5,8-9,11-12,14-15H2,1-3H3,(H,26,29)(H2,24,25,27). The largest absolute Gasteiger partial charge is 0.352 e. The third kappa shape index (κ3) is 5.97. The fourth-order valence-corrected chi connectivity index (χ4v) is 4.21. The molecule has 1 saturated carbocycles. The van der Waals surface area contributed by atoms with Crippen molar-refractivity contribution in [2.75, 3.05) is 25.5 Å². The number of carbonyl (C=O) groups excluding carboxylic acids is 2. The smallest absolute Gasteiger partial charge is 0.227 e. The summed E-state index contributed by atoms with van der Waals surface area (Å²) in [6, 6.07) is 8.14. The number of rotatable bonds is 6. The molecule has 1 aliphatic carbocycles. The summed E-state index contributed by atoms with van der Waals surface area (Å²) in [5.41, 5.74) is 1.91. The number of benzene rings is 1. The Kier molecular flexibility index (Phi) is 7.71. The van der Waals surface area contributed by atoms with Gasteiger partial charge in [-0.15, -0.1) is 0 Å². The van der Waals surface area contributed by atoms with Crippen molar-refractivity contribution in [1.82, 2.24) is 15.5 Å². The van der Waals surface area contributed by atoms with E-state index < -0.39 is 0 Å². The van der Waals surface area contributed by atoms with Crippen LogP contribution in [0.25, 0.3) is 0 Å². The van der Waals surface area contributed by atoms with E-state index >= 15 is 0 Å². The molecule has 1 saturated heterocycles. The van der Waals surface area contributed by atoms with Crippen molar-refractivity contribution in [3.05, 3.63) is 29.8 Å². The van der Waals surface area contributed by atoms with Gasteiger partial charge in [-0.25, -0.2) is 0 Å². The number of nitrogens with zero attached hydrogens (tertiary/aromatic N) is 2. The molecule has 30 heavy (non-hydrogen) atoms. The molecule has 2 amide bonds. The van der Waals surface area contributed by atoms with Crippen LogP contribution < -0.4 is 16.0 Å². The zero-order valence-corrected chi connectivity index (χ0v) is 18.4. The molecule has 1 heterocycles. The monoisotopic (exact) mass is 413 g/mol. The molecule has 1 unspecified atom stereocenters. The van der Waals surface area contributed by atoms with Gasteiger partial charge in [0.1, 0.15) is 0 Å². The second-order valence-corrected chi connectivity index (χ2v) is 8.67. The first-order valence-electron chi connectivity index (χ1n) is 11.1. The van der Waals surface area contributed by atoms with Crippen LogP contribution in [-0.4, -0.2) is 48.9 Å². The number of nitrogens with one attached hydrogen (secondary N) is 3. The van der Waals surface area contributed by atoms with Gasteiger partial charge in [0.15, 0.2) is 5.96 Å². The van der Waals surface area contributed by atoms with E-state index in [1.807, 2.05) is 43.0 Å². The second-order valence-electron chi connectivity index (χ2n) is 8.67. The predicted molar refractivity (Wildman–Crippen MR) is 120 cm³/mol. The van der Waals surface area contributed by atoms with Crippen molar-refractivity contribution in [3.63, 3.8) is 0 Å². The van der Waals surface area contributed by atoms with Crippen molar-refractivity contribution in [1.29, 1.82) is 0 Å². The first-order chi connectivity index (χ1) is 14.5. The average molecular weight is 414 g/mol. The van der Waals surface area contributed by atoms with Crippen molar-refractivity contribution < 1.29 is 9.59 Å². The van der Waals surface area contributed by atoms with Crippen LogP contribution in [0.2, 0.25) is 0 Å². The van der Waals surface area contributed by atoms with Crippen molar-refractivity contribution in [2.45, 2.75) is 58.5 Å².